The molecule has 0 radical (unpaired) electrons. The van der Waals surface area contributed by atoms with Crippen LogP contribution in [0.5, 0.6) is 17.2 Å². The van der Waals surface area contributed by atoms with Gasteiger partial charge >= 0.3 is 0 Å². The van der Waals surface area contributed by atoms with E-state index in [2.05, 4.69) is 38.7 Å². The van der Waals surface area contributed by atoms with E-state index in [0.29, 0.717) is 60.9 Å². The number of fused-ring (bicyclic) bond motifs is 4. The van der Waals surface area contributed by atoms with Crippen LogP contribution in [0.4, 0.5) is 5.69 Å². The van der Waals surface area contributed by atoms with Crippen molar-refractivity contribution in [3.63, 3.8) is 0 Å². The lowest BCUT2D eigenvalue weighted by atomic mass is 9.95. The van der Waals surface area contributed by atoms with Crippen molar-refractivity contribution < 1.29 is 23.8 Å². The highest BCUT2D eigenvalue weighted by Crippen LogP contribution is 2.50. The second-order valence-electron chi connectivity index (χ2n) is 11.4. The number of anilines is 1. The van der Waals surface area contributed by atoms with Crippen LogP contribution in [0.25, 0.3) is 22.0 Å². The molecule has 0 spiro atoms. The van der Waals surface area contributed by atoms with Crippen molar-refractivity contribution in [1.82, 2.24) is 15.2 Å². The number of nitrogens with one attached hydrogen (secondary N) is 3. The highest BCUT2D eigenvalue weighted by atomic mass is 32.2. The first-order chi connectivity index (χ1) is 22.8. The molecular formula is C36H42N4O6S. The zero-order valence-electron chi connectivity index (χ0n) is 27.5. The zero-order valence-corrected chi connectivity index (χ0v) is 28.3. The molecule has 11 heteroatoms. The average Bonchev–Trinajstić information content (AvgIpc) is 3.34. The van der Waals surface area contributed by atoms with Crippen LogP contribution < -0.4 is 35.6 Å². The maximum absolute atomic E-state index is 13.9. The molecule has 2 amide bonds. The molecule has 0 saturated carbocycles. The Morgan fingerprint density at radius 2 is 1.81 bits per heavy atom. The van der Waals surface area contributed by atoms with E-state index in [0.717, 1.165) is 33.3 Å². The lowest BCUT2D eigenvalue weighted by Crippen LogP contribution is -2.42. The molecule has 47 heavy (non-hydrogen) atoms. The van der Waals surface area contributed by atoms with Gasteiger partial charge in [-0.2, -0.15) is 11.8 Å². The van der Waals surface area contributed by atoms with Crippen LogP contribution in [-0.4, -0.2) is 62.3 Å². The summed E-state index contributed by atoms with van der Waals surface area (Å²) in [6, 6.07) is 16.2. The number of hydrogen-bond acceptors (Lipinski definition) is 8. The summed E-state index contributed by atoms with van der Waals surface area (Å²) in [5.41, 5.74) is 4.20. The van der Waals surface area contributed by atoms with Gasteiger partial charge in [0, 0.05) is 37.3 Å². The number of methoxy groups -OCH3 is 3. The van der Waals surface area contributed by atoms with Gasteiger partial charge < -0.3 is 34.7 Å². The number of thioether (sulfide) groups is 1. The minimum Gasteiger partial charge on any atom is -0.493 e. The molecule has 0 saturated heterocycles. The summed E-state index contributed by atoms with van der Waals surface area (Å²) in [5, 5.41) is 10.5. The van der Waals surface area contributed by atoms with Gasteiger partial charge in [-0.3, -0.25) is 14.4 Å². The minimum atomic E-state index is -0.629. The van der Waals surface area contributed by atoms with E-state index in [1.165, 1.54) is 6.92 Å². The fourth-order valence-corrected chi connectivity index (χ4v) is 6.75. The molecule has 5 rings (SSSR count). The van der Waals surface area contributed by atoms with E-state index in [9.17, 15) is 14.4 Å². The van der Waals surface area contributed by atoms with E-state index < -0.39 is 12.1 Å². The van der Waals surface area contributed by atoms with Crippen LogP contribution in [0.15, 0.2) is 65.6 Å². The fraction of sp³-hybridized carbons (Fsp3) is 0.361. The summed E-state index contributed by atoms with van der Waals surface area (Å²) in [5.74, 6) is 1.80. The van der Waals surface area contributed by atoms with Crippen LogP contribution in [0, 0.1) is 0 Å². The molecule has 1 aliphatic carbocycles. The van der Waals surface area contributed by atoms with Gasteiger partial charge in [0.05, 0.1) is 33.1 Å². The van der Waals surface area contributed by atoms with E-state index >= 15 is 0 Å². The smallest absolute Gasteiger partial charge is 0.242 e. The van der Waals surface area contributed by atoms with Crippen molar-refractivity contribution in [2.45, 2.75) is 44.8 Å². The van der Waals surface area contributed by atoms with Gasteiger partial charge in [-0.25, -0.2) is 0 Å². The van der Waals surface area contributed by atoms with Crippen molar-refractivity contribution >= 4 is 40.2 Å². The van der Waals surface area contributed by atoms with Crippen LogP contribution in [0.3, 0.4) is 0 Å². The van der Waals surface area contributed by atoms with Crippen LogP contribution in [0.1, 0.15) is 36.9 Å². The molecule has 4 aromatic rings. The second-order valence-corrected chi connectivity index (χ2v) is 12.4. The number of carbonyl (C=O) groups excluding carboxylic acids is 2. The number of ether oxygens (including phenoxy) is 3. The number of amides is 2. The van der Waals surface area contributed by atoms with Gasteiger partial charge in [0.1, 0.15) is 6.04 Å². The average molecular weight is 659 g/mol. The Bertz CT molecular complexity index is 1820. The quantitative estimate of drug-likeness (QED) is 0.180. The predicted octanol–water partition coefficient (Wildman–Crippen LogP) is 5.17. The maximum Gasteiger partial charge on any atom is 0.242 e. The van der Waals surface area contributed by atoms with Crippen molar-refractivity contribution in [3.8, 4) is 28.4 Å². The summed E-state index contributed by atoms with van der Waals surface area (Å²) < 4.78 is 19.3. The summed E-state index contributed by atoms with van der Waals surface area (Å²) in [6.45, 7) is 2.52. The Morgan fingerprint density at radius 3 is 2.53 bits per heavy atom. The summed E-state index contributed by atoms with van der Waals surface area (Å²) >= 11 is 1.64. The van der Waals surface area contributed by atoms with E-state index in [-0.39, 0.29) is 17.2 Å². The van der Waals surface area contributed by atoms with Crippen LogP contribution >= 0.6 is 11.8 Å². The Labute approximate surface area is 279 Å². The van der Waals surface area contributed by atoms with E-state index in [1.54, 1.807) is 45.2 Å². The second kappa shape index (κ2) is 15.3. The standard InChI is InChI=1S/C36H42N4O6S/c1-22(41)38-27-12-10-24-20-32(44-2)34(45-3)35(46-4)33(24)25-11-13-28(31(42)21-26(25)27)39-29(15-19-47-5)36(43)37-16-18-40-17-14-23-8-6-7-9-30(23)40/h6-9,11,13-14,17,20-21,27,29H,10,12,15-16,18-19H2,1-5H3,(H,37,43)(H,38,41)(H,39,42)/t27-,29-/m0/s1. The van der Waals surface area contributed by atoms with Crippen molar-refractivity contribution in [3.05, 3.63) is 82.1 Å². The highest BCUT2D eigenvalue weighted by Gasteiger charge is 2.30. The molecule has 1 aromatic heterocycles. The van der Waals surface area contributed by atoms with Gasteiger partial charge in [-0.1, -0.05) is 24.3 Å². The number of nitrogens with zero attached hydrogens (tertiary/aromatic N) is 1. The number of para-hydroxylation sites is 1. The van der Waals surface area contributed by atoms with Gasteiger partial charge in [-0.05, 0) is 83.7 Å². The van der Waals surface area contributed by atoms with Gasteiger partial charge in [0.25, 0.3) is 0 Å². The van der Waals surface area contributed by atoms with E-state index in [4.69, 9.17) is 14.2 Å². The van der Waals surface area contributed by atoms with E-state index in [1.807, 2.05) is 36.7 Å². The third-order valence-corrected chi connectivity index (χ3v) is 9.15. The maximum atomic E-state index is 13.9. The zero-order chi connectivity index (χ0) is 33.5. The van der Waals surface area contributed by atoms with Crippen molar-refractivity contribution in [2.24, 2.45) is 0 Å². The van der Waals surface area contributed by atoms with Crippen molar-refractivity contribution in [2.75, 3.05) is 45.2 Å². The third kappa shape index (κ3) is 7.35. The SMILES string of the molecule is COc1cc2c(c(OC)c1OC)-c1ccc(N[C@@H](CCSC)C(=O)NCCn3ccc4ccccc43)c(=O)cc1[C@@H](NC(C)=O)CC2. The Kier molecular flexibility index (Phi) is 11.0. The molecule has 0 aliphatic heterocycles. The molecular weight excluding hydrogens is 616 g/mol. The molecule has 10 nitrogen and oxygen atoms in total. The van der Waals surface area contributed by atoms with Crippen LogP contribution in [-0.2, 0) is 22.6 Å². The third-order valence-electron chi connectivity index (χ3n) is 8.51. The van der Waals surface area contributed by atoms with Gasteiger partial charge in [0.15, 0.2) is 11.5 Å². The molecule has 0 fully saturated rings. The molecule has 3 aromatic carbocycles. The number of benzene rings is 2. The Balaban J connectivity index is 1.49. The fourth-order valence-electron chi connectivity index (χ4n) is 6.28. The molecule has 1 aliphatic rings. The normalized spacial score (nSPS) is 14.3. The predicted molar refractivity (Wildman–Crippen MR) is 188 cm³/mol. The monoisotopic (exact) mass is 658 g/mol. The molecule has 3 N–H and O–H groups in total. The number of rotatable bonds is 13. The molecule has 2 atom stereocenters. The Morgan fingerprint density at radius 1 is 1.02 bits per heavy atom. The molecule has 0 unspecified atom stereocenters. The number of carbonyl (C=O) groups is 2. The van der Waals surface area contributed by atoms with Gasteiger partial charge in [-0.15, -0.1) is 0 Å². The van der Waals surface area contributed by atoms with Crippen molar-refractivity contribution in [1.29, 1.82) is 0 Å². The lowest BCUT2D eigenvalue weighted by molar-refractivity contribution is -0.122. The van der Waals surface area contributed by atoms with Crippen LogP contribution in [0.2, 0.25) is 0 Å². The molecule has 0 bridgehead atoms. The topological polar surface area (TPSA) is 120 Å². The first kappa shape index (κ1) is 33.7. The first-order valence-corrected chi connectivity index (χ1v) is 17.0. The summed E-state index contributed by atoms with van der Waals surface area (Å²) in [6.07, 6.45) is 5.69. The first-order valence-electron chi connectivity index (χ1n) is 15.6. The molecule has 1 heterocycles. The summed E-state index contributed by atoms with van der Waals surface area (Å²) in [7, 11) is 4.69. The number of aryl methyl sites for hydroxylation is 1. The highest BCUT2D eigenvalue weighted by molar-refractivity contribution is 7.98. The number of aromatic nitrogens is 1. The largest absolute Gasteiger partial charge is 0.493 e. The minimum absolute atomic E-state index is 0.178. The number of hydrogen-bond donors (Lipinski definition) is 3. The van der Waals surface area contributed by atoms with Gasteiger partial charge in [0.2, 0.25) is 23.0 Å². The molecule has 248 valence electrons. The summed E-state index contributed by atoms with van der Waals surface area (Å²) in [4.78, 5) is 39.7. The lowest BCUT2D eigenvalue weighted by Gasteiger charge is -2.19. The Hall–Kier alpha value is -4.64.